The number of nitrogens with one attached hydrogen (secondary N) is 1. The molecule has 1 atom stereocenters. The second-order valence-electron chi connectivity index (χ2n) is 6.14. The van der Waals surface area contributed by atoms with E-state index in [1.165, 1.54) is 50.9 Å². The van der Waals surface area contributed by atoms with Gasteiger partial charge >= 0.3 is 0 Å². The van der Waals surface area contributed by atoms with Gasteiger partial charge in [-0.1, -0.05) is 44.0 Å². The van der Waals surface area contributed by atoms with Gasteiger partial charge in [0, 0.05) is 11.1 Å². The summed E-state index contributed by atoms with van der Waals surface area (Å²) < 4.78 is 0. The van der Waals surface area contributed by atoms with Gasteiger partial charge in [-0.25, -0.2) is 0 Å². The van der Waals surface area contributed by atoms with Crippen LogP contribution in [0.3, 0.4) is 0 Å². The van der Waals surface area contributed by atoms with E-state index in [9.17, 15) is 0 Å². The summed E-state index contributed by atoms with van der Waals surface area (Å²) in [6, 6.07) is 8.73. The van der Waals surface area contributed by atoms with Crippen LogP contribution in [-0.4, -0.2) is 31.1 Å². The summed E-state index contributed by atoms with van der Waals surface area (Å²) in [6.45, 7) is 9.25. The SMILES string of the molecule is CCNC(CCN1CCC(CC)CC1)c1ccc(Cl)cc1. The molecular formula is C18H29ClN2. The molecule has 2 rings (SSSR count). The van der Waals surface area contributed by atoms with E-state index in [0.29, 0.717) is 6.04 Å². The van der Waals surface area contributed by atoms with Crippen molar-refractivity contribution in [2.24, 2.45) is 5.92 Å². The maximum Gasteiger partial charge on any atom is 0.0406 e. The highest BCUT2D eigenvalue weighted by Crippen LogP contribution is 2.23. The third-order valence-corrected chi connectivity index (χ3v) is 4.99. The van der Waals surface area contributed by atoms with Crippen LogP contribution in [0.25, 0.3) is 0 Å². The molecular weight excluding hydrogens is 280 g/mol. The number of hydrogen-bond donors (Lipinski definition) is 1. The first-order valence-corrected chi connectivity index (χ1v) is 8.82. The molecule has 1 unspecified atom stereocenters. The molecule has 1 aromatic carbocycles. The molecule has 1 aromatic rings. The maximum absolute atomic E-state index is 5.99. The van der Waals surface area contributed by atoms with Crippen LogP contribution in [-0.2, 0) is 0 Å². The molecule has 0 aliphatic carbocycles. The zero-order chi connectivity index (χ0) is 15.1. The second-order valence-corrected chi connectivity index (χ2v) is 6.58. The van der Waals surface area contributed by atoms with Crippen LogP contribution in [0, 0.1) is 5.92 Å². The summed E-state index contributed by atoms with van der Waals surface area (Å²) >= 11 is 5.99. The van der Waals surface area contributed by atoms with Gasteiger partial charge in [0.1, 0.15) is 0 Å². The zero-order valence-electron chi connectivity index (χ0n) is 13.4. The third kappa shape index (κ3) is 5.28. The van der Waals surface area contributed by atoms with Gasteiger partial charge in [0.2, 0.25) is 0 Å². The molecule has 21 heavy (non-hydrogen) atoms. The molecule has 0 saturated carbocycles. The lowest BCUT2D eigenvalue weighted by Crippen LogP contribution is -2.36. The molecule has 0 bridgehead atoms. The van der Waals surface area contributed by atoms with Gasteiger partial charge in [-0.15, -0.1) is 0 Å². The second kappa shape index (κ2) is 8.77. The molecule has 3 heteroatoms. The molecule has 1 aliphatic rings. The van der Waals surface area contributed by atoms with Crippen molar-refractivity contribution in [1.82, 2.24) is 10.2 Å². The van der Waals surface area contributed by atoms with Crippen LogP contribution in [0.4, 0.5) is 0 Å². The summed E-state index contributed by atoms with van der Waals surface area (Å²) in [4.78, 5) is 2.63. The van der Waals surface area contributed by atoms with Crippen molar-refractivity contribution in [3.63, 3.8) is 0 Å². The van der Waals surface area contributed by atoms with Crippen LogP contribution in [0.15, 0.2) is 24.3 Å². The molecule has 0 amide bonds. The van der Waals surface area contributed by atoms with Gasteiger partial charge in [-0.2, -0.15) is 0 Å². The van der Waals surface area contributed by atoms with Crippen LogP contribution in [0.5, 0.6) is 0 Å². The quantitative estimate of drug-likeness (QED) is 0.797. The topological polar surface area (TPSA) is 15.3 Å². The number of likely N-dealkylation sites (tertiary alicyclic amines) is 1. The predicted octanol–water partition coefficient (Wildman–Crippen LogP) is 4.50. The zero-order valence-corrected chi connectivity index (χ0v) is 14.2. The third-order valence-electron chi connectivity index (χ3n) is 4.74. The molecule has 2 nitrogen and oxygen atoms in total. The van der Waals surface area contributed by atoms with E-state index in [-0.39, 0.29) is 0 Å². The van der Waals surface area contributed by atoms with Crippen molar-refractivity contribution in [3.8, 4) is 0 Å². The van der Waals surface area contributed by atoms with E-state index in [2.05, 4.69) is 36.2 Å². The molecule has 0 aromatic heterocycles. The fourth-order valence-electron chi connectivity index (χ4n) is 3.26. The average molecular weight is 309 g/mol. The number of rotatable bonds is 7. The van der Waals surface area contributed by atoms with Gasteiger partial charge in [-0.3, -0.25) is 0 Å². The molecule has 1 fully saturated rings. The van der Waals surface area contributed by atoms with Crippen LogP contribution >= 0.6 is 11.6 Å². The van der Waals surface area contributed by atoms with Crippen molar-refractivity contribution in [3.05, 3.63) is 34.9 Å². The van der Waals surface area contributed by atoms with Crippen LogP contribution in [0.2, 0.25) is 5.02 Å². The van der Waals surface area contributed by atoms with Gasteiger partial charge in [0.15, 0.2) is 0 Å². The molecule has 118 valence electrons. The Morgan fingerprint density at radius 1 is 1.19 bits per heavy atom. The van der Waals surface area contributed by atoms with E-state index in [4.69, 9.17) is 11.6 Å². The summed E-state index contributed by atoms with van der Waals surface area (Å²) in [6.07, 6.45) is 5.28. The highest BCUT2D eigenvalue weighted by atomic mass is 35.5. The van der Waals surface area contributed by atoms with Crippen molar-refractivity contribution in [1.29, 1.82) is 0 Å². The first-order valence-electron chi connectivity index (χ1n) is 8.44. The van der Waals surface area contributed by atoms with Gasteiger partial charge in [0.25, 0.3) is 0 Å². The van der Waals surface area contributed by atoms with E-state index < -0.39 is 0 Å². The highest BCUT2D eigenvalue weighted by Gasteiger charge is 2.19. The van der Waals surface area contributed by atoms with E-state index in [0.717, 1.165) is 17.5 Å². The van der Waals surface area contributed by atoms with E-state index in [1.54, 1.807) is 0 Å². The molecule has 1 heterocycles. The van der Waals surface area contributed by atoms with Crippen molar-refractivity contribution in [2.75, 3.05) is 26.2 Å². The molecule has 1 saturated heterocycles. The Morgan fingerprint density at radius 2 is 1.86 bits per heavy atom. The standard InChI is InChI=1S/C18H29ClN2/c1-3-15-9-12-21(13-10-15)14-11-18(20-4-2)16-5-7-17(19)8-6-16/h5-8,15,18,20H,3-4,9-14H2,1-2H3. The van der Waals surface area contributed by atoms with Gasteiger partial charge in [-0.05, 0) is 69.1 Å². The van der Waals surface area contributed by atoms with Crippen molar-refractivity contribution < 1.29 is 0 Å². The first kappa shape index (κ1) is 16.8. The largest absolute Gasteiger partial charge is 0.310 e. The van der Waals surface area contributed by atoms with Crippen molar-refractivity contribution >= 4 is 11.6 Å². The smallest absolute Gasteiger partial charge is 0.0406 e. The molecule has 1 aliphatic heterocycles. The lowest BCUT2D eigenvalue weighted by Gasteiger charge is -2.32. The van der Waals surface area contributed by atoms with Crippen LogP contribution < -0.4 is 5.32 Å². The minimum Gasteiger partial charge on any atom is -0.310 e. The Balaban J connectivity index is 1.84. The van der Waals surface area contributed by atoms with E-state index >= 15 is 0 Å². The van der Waals surface area contributed by atoms with E-state index in [1.807, 2.05) is 12.1 Å². The lowest BCUT2D eigenvalue weighted by molar-refractivity contribution is 0.174. The Hall–Kier alpha value is -0.570. The van der Waals surface area contributed by atoms with Crippen molar-refractivity contribution in [2.45, 2.75) is 45.6 Å². The minimum absolute atomic E-state index is 0.441. The van der Waals surface area contributed by atoms with Crippen LogP contribution in [0.1, 0.15) is 51.1 Å². The molecule has 1 N–H and O–H groups in total. The maximum atomic E-state index is 5.99. The number of benzene rings is 1. The summed E-state index contributed by atoms with van der Waals surface area (Å²) in [5, 5.41) is 4.42. The lowest BCUT2D eigenvalue weighted by atomic mass is 9.94. The number of hydrogen-bond acceptors (Lipinski definition) is 2. The fraction of sp³-hybridized carbons (Fsp3) is 0.667. The first-order chi connectivity index (χ1) is 10.2. The van der Waals surface area contributed by atoms with Gasteiger partial charge in [0.05, 0.1) is 0 Å². The normalized spacial score (nSPS) is 18.8. The monoisotopic (exact) mass is 308 g/mol. The molecule has 0 radical (unpaired) electrons. The Bertz CT molecular complexity index is 396. The predicted molar refractivity (Wildman–Crippen MR) is 91.9 cm³/mol. The summed E-state index contributed by atoms with van der Waals surface area (Å²) in [5.74, 6) is 0.960. The molecule has 0 spiro atoms. The summed E-state index contributed by atoms with van der Waals surface area (Å²) in [5.41, 5.74) is 1.35. The average Bonchev–Trinajstić information content (AvgIpc) is 2.53. The number of piperidine rings is 1. The highest BCUT2D eigenvalue weighted by molar-refractivity contribution is 6.30. The Labute approximate surface area is 134 Å². The number of nitrogens with zero attached hydrogens (tertiary/aromatic N) is 1. The fourth-order valence-corrected chi connectivity index (χ4v) is 3.38. The Kier molecular flexibility index (Phi) is 7.01. The number of halogens is 1. The van der Waals surface area contributed by atoms with Gasteiger partial charge < -0.3 is 10.2 Å². The summed E-state index contributed by atoms with van der Waals surface area (Å²) in [7, 11) is 0. The Morgan fingerprint density at radius 3 is 2.43 bits per heavy atom. The minimum atomic E-state index is 0.441.